The fourth-order valence-electron chi connectivity index (χ4n) is 4.81. The molecule has 2 unspecified atom stereocenters. The fraction of sp³-hybridized carbons (Fsp3) is 0.188. The van der Waals surface area contributed by atoms with Crippen LogP contribution in [0.15, 0.2) is 115 Å². The van der Waals surface area contributed by atoms with Crippen LogP contribution in [0.4, 0.5) is 0 Å². The molecule has 0 amide bonds. The summed E-state index contributed by atoms with van der Waals surface area (Å²) in [4.78, 5) is 0. The van der Waals surface area contributed by atoms with Gasteiger partial charge in [0.15, 0.2) is 0 Å². The van der Waals surface area contributed by atoms with E-state index in [1.807, 2.05) is 26.0 Å². The third-order valence-corrected chi connectivity index (χ3v) is 6.49. The first-order valence-electron chi connectivity index (χ1n) is 12.2. The second kappa shape index (κ2) is 9.50. The third kappa shape index (κ3) is 4.12. The topological polar surface area (TPSA) is 4.93 Å². The van der Waals surface area contributed by atoms with Gasteiger partial charge in [0.05, 0.1) is 11.0 Å². The molecule has 1 aromatic heterocycles. The van der Waals surface area contributed by atoms with Gasteiger partial charge < -0.3 is 4.57 Å². The van der Waals surface area contributed by atoms with E-state index in [-0.39, 0.29) is 0 Å². The molecule has 3 aliphatic carbocycles. The summed E-state index contributed by atoms with van der Waals surface area (Å²) < 4.78 is 2.47. The third-order valence-electron chi connectivity index (χ3n) is 6.49. The van der Waals surface area contributed by atoms with Crippen LogP contribution in [0.2, 0.25) is 0 Å². The number of rotatable bonds is 1. The van der Waals surface area contributed by atoms with Crippen molar-refractivity contribution in [1.29, 1.82) is 0 Å². The van der Waals surface area contributed by atoms with Crippen LogP contribution in [0.5, 0.6) is 0 Å². The number of allylic oxidation sites excluding steroid dienone is 10. The number of aromatic nitrogens is 1. The molecule has 33 heavy (non-hydrogen) atoms. The van der Waals surface area contributed by atoms with Gasteiger partial charge in [0.2, 0.25) is 0 Å². The maximum Gasteiger partial charge on any atom is 0.0619 e. The van der Waals surface area contributed by atoms with Crippen LogP contribution in [0.25, 0.3) is 38.3 Å². The van der Waals surface area contributed by atoms with E-state index in [2.05, 4.69) is 108 Å². The Morgan fingerprint density at radius 2 is 1.42 bits per heavy atom. The van der Waals surface area contributed by atoms with Crippen molar-refractivity contribution < 1.29 is 0 Å². The van der Waals surface area contributed by atoms with Gasteiger partial charge >= 0.3 is 0 Å². The van der Waals surface area contributed by atoms with E-state index < -0.39 is 0 Å². The van der Waals surface area contributed by atoms with E-state index in [9.17, 15) is 0 Å². The molecule has 1 saturated carbocycles. The van der Waals surface area contributed by atoms with Crippen molar-refractivity contribution >= 4 is 38.3 Å². The lowest BCUT2D eigenvalue weighted by Gasteiger charge is -2.13. The molecule has 2 atom stereocenters. The van der Waals surface area contributed by atoms with E-state index in [0.29, 0.717) is 0 Å². The molecule has 0 bridgehead atoms. The standard InChI is InChI=1S/C23H17N.C7H8.C2H6/c1-2-6-19-15(5-1)10-12-21-20-7-3-4-8-22(20)24(23(19)21)18-11-9-16-13-17(16)14-18;1-2-4-6-7-5-3-1;1-2/h1-12,14,16-17H,13H2;1-6H,7H2;1-2H3. The Morgan fingerprint density at radius 1 is 0.697 bits per heavy atom. The highest BCUT2D eigenvalue weighted by Crippen LogP contribution is 2.46. The van der Waals surface area contributed by atoms with Gasteiger partial charge in [-0.05, 0) is 42.2 Å². The number of hydrogen-bond acceptors (Lipinski definition) is 0. The minimum Gasteiger partial charge on any atom is -0.309 e. The van der Waals surface area contributed by atoms with Crippen LogP contribution in [-0.2, 0) is 0 Å². The Balaban J connectivity index is 0.000000217. The molecule has 3 aromatic carbocycles. The second-order valence-corrected chi connectivity index (χ2v) is 8.53. The maximum atomic E-state index is 2.47. The summed E-state index contributed by atoms with van der Waals surface area (Å²) in [6.45, 7) is 4.00. The lowest BCUT2D eigenvalue weighted by Crippen LogP contribution is -1.98. The molecule has 0 aliphatic heterocycles. The van der Waals surface area contributed by atoms with E-state index >= 15 is 0 Å². The summed E-state index contributed by atoms with van der Waals surface area (Å²) in [5, 5.41) is 5.32. The molecule has 1 heterocycles. The van der Waals surface area contributed by atoms with Gasteiger partial charge in [-0.15, -0.1) is 0 Å². The molecular weight excluding hydrogens is 398 g/mol. The molecule has 1 fully saturated rings. The Kier molecular flexibility index (Phi) is 6.13. The Morgan fingerprint density at radius 3 is 2.21 bits per heavy atom. The normalized spacial score (nSPS) is 19.9. The van der Waals surface area contributed by atoms with Gasteiger partial charge in [0, 0.05) is 21.9 Å². The predicted molar refractivity (Wildman–Crippen MR) is 145 cm³/mol. The highest BCUT2D eigenvalue weighted by Gasteiger charge is 2.35. The SMILES string of the molecule is C1=CC2CC2C=C1n1c2ccccc2c2ccc3ccccc3c21.C1=CC=CCC=C1.CC. The van der Waals surface area contributed by atoms with Gasteiger partial charge in [0.25, 0.3) is 0 Å². The lowest BCUT2D eigenvalue weighted by atomic mass is 10.1. The van der Waals surface area contributed by atoms with Gasteiger partial charge in [-0.25, -0.2) is 0 Å². The fourth-order valence-corrected chi connectivity index (χ4v) is 4.81. The second-order valence-electron chi connectivity index (χ2n) is 8.53. The summed E-state index contributed by atoms with van der Waals surface area (Å²) in [6, 6.07) is 22.0. The van der Waals surface area contributed by atoms with Crippen molar-refractivity contribution in [2.45, 2.75) is 26.7 Å². The van der Waals surface area contributed by atoms with E-state index in [0.717, 1.165) is 18.3 Å². The summed E-state index contributed by atoms with van der Waals surface area (Å²) >= 11 is 0. The highest BCUT2D eigenvalue weighted by atomic mass is 15.0. The van der Waals surface area contributed by atoms with Gasteiger partial charge in [-0.2, -0.15) is 0 Å². The molecular formula is C32H31N. The molecule has 1 nitrogen and oxygen atoms in total. The number of benzene rings is 3. The van der Waals surface area contributed by atoms with Crippen LogP contribution < -0.4 is 0 Å². The highest BCUT2D eigenvalue weighted by molar-refractivity contribution is 6.19. The Labute approximate surface area is 196 Å². The minimum atomic E-state index is 0.746. The first kappa shape index (κ1) is 21.3. The smallest absolute Gasteiger partial charge is 0.0619 e. The number of fused-ring (bicyclic) bond motifs is 6. The molecule has 0 saturated heterocycles. The zero-order valence-corrected chi connectivity index (χ0v) is 19.5. The zero-order valence-electron chi connectivity index (χ0n) is 19.5. The predicted octanol–water partition coefficient (Wildman–Crippen LogP) is 9.08. The number of nitrogens with zero attached hydrogens (tertiary/aromatic N) is 1. The summed E-state index contributed by atoms with van der Waals surface area (Å²) in [6.07, 6.45) is 22.0. The minimum absolute atomic E-state index is 0.746. The monoisotopic (exact) mass is 429 g/mol. The van der Waals surface area contributed by atoms with Gasteiger partial charge in [-0.3, -0.25) is 0 Å². The average Bonchev–Trinajstić information content (AvgIpc) is 3.65. The zero-order chi connectivity index (χ0) is 22.6. The largest absolute Gasteiger partial charge is 0.309 e. The van der Waals surface area contributed by atoms with Crippen molar-refractivity contribution in [2.75, 3.05) is 0 Å². The molecule has 4 aromatic rings. The molecule has 0 spiro atoms. The van der Waals surface area contributed by atoms with Crippen molar-refractivity contribution in [2.24, 2.45) is 11.8 Å². The van der Waals surface area contributed by atoms with Crippen LogP contribution in [-0.4, -0.2) is 4.57 Å². The van der Waals surface area contributed by atoms with Crippen LogP contribution >= 0.6 is 0 Å². The van der Waals surface area contributed by atoms with E-state index in [1.54, 1.807) is 0 Å². The van der Waals surface area contributed by atoms with E-state index in [1.165, 1.54) is 44.7 Å². The average molecular weight is 430 g/mol. The Bertz CT molecular complexity index is 1420. The first-order chi connectivity index (χ1) is 16.4. The molecule has 164 valence electrons. The molecule has 1 heteroatoms. The summed E-state index contributed by atoms with van der Waals surface area (Å²) in [5.41, 5.74) is 3.97. The number of hydrogen-bond donors (Lipinski definition) is 0. The van der Waals surface area contributed by atoms with Crippen LogP contribution in [0.3, 0.4) is 0 Å². The number of para-hydroxylation sites is 1. The first-order valence-corrected chi connectivity index (χ1v) is 12.2. The van der Waals surface area contributed by atoms with Crippen LogP contribution in [0, 0.1) is 11.8 Å². The molecule has 0 N–H and O–H groups in total. The lowest BCUT2D eigenvalue weighted by molar-refractivity contribution is 0.969. The molecule has 0 radical (unpaired) electrons. The van der Waals surface area contributed by atoms with E-state index in [4.69, 9.17) is 0 Å². The molecule has 3 aliphatic rings. The van der Waals surface area contributed by atoms with Crippen molar-refractivity contribution in [3.05, 3.63) is 115 Å². The quantitative estimate of drug-likeness (QED) is 0.284. The summed E-state index contributed by atoms with van der Waals surface area (Å²) in [5.74, 6) is 1.54. The van der Waals surface area contributed by atoms with Gasteiger partial charge in [-0.1, -0.05) is 117 Å². The van der Waals surface area contributed by atoms with Crippen molar-refractivity contribution in [1.82, 2.24) is 4.57 Å². The van der Waals surface area contributed by atoms with Gasteiger partial charge in [0.1, 0.15) is 0 Å². The van der Waals surface area contributed by atoms with Crippen molar-refractivity contribution in [3.8, 4) is 0 Å². The van der Waals surface area contributed by atoms with Crippen LogP contribution in [0.1, 0.15) is 26.7 Å². The summed E-state index contributed by atoms with van der Waals surface area (Å²) in [7, 11) is 0. The Hall–Kier alpha value is -3.58. The van der Waals surface area contributed by atoms with Crippen molar-refractivity contribution in [3.63, 3.8) is 0 Å². The molecule has 7 rings (SSSR count). The maximum absolute atomic E-state index is 2.47.